The molecule has 5 nitrogen and oxygen atoms in total. The molecule has 2 rings (SSSR count). The lowest BCUT2D eigenvalue weighted by Crippen LogP contribution is -2.19. The van der Waals surface area contributed by atoms with Gasteiger partial charge in [0.1, 0.15) is 0 Å². The molecule has 0 unspecified atom stereocenters. The van der Waals surface area contributed by atoms with Gasteiger partial charge in [0, 0.05) is 25.5 Å². The predicted molar refractivity (Wildman–Crippen MR) is 54.9 cm³/mol. The molecule has 2 heterocycles. The van der Waals surface area contributed by atoms with Crippen LogP contribution >= 0.6 is 0 Å². The molecule has 5 heteroatoms. The van der Waals surface area contributed by atoms with Crippen molar-refractivity contribution >= 4 is 12.2 Å². The second kappa shape index (κ2) is 4.84. The smallest absolute Gasteiger partial charge is 0.222 e. The lowest BCUT2D eigenvalue weighted by Gasteiger charge is -2.09. The van der Waals surface area contributed by atoms with Gasteiger partial charge in [0.25, 0.3) is 0 Å². The van der Waals surface area contributed by atoms with E-state index >= 15 is 0 Å². The highest BCUT2D eigenvalue weighted by Crippen LogP contribution is 2.11. The van der Waals surface area contributed by atoms with E-state index in [0.717, 1.165) is 32.3 Å². The van der Waals surface area contributed by atoms with Crippen molar-refractivity contribution in [1.29, 1.82) is 0 Å². The standard InChI is InChI=1S/C10H13N3O2/c14-7-8-4-11-10(12-5-8)13-6-9-2-1-3-15-9/h4-5,7,9H,1-3,6H2,(H,11,12,13)/t9-/m1/s1. The van der Waals surface area contributed by atoms with Crippen LogP contribution in [-0.4, -0.2) is 35.5 Å². The zero-order chi connectivity index (χ0) is 10.5. The Morgan fingerprint density at radius 3 is 2.93 bits per heavy atom. The summed E-state index contributed by atoms with van der Waals surface area (Å²) in [4.78, 5) is 18.4. The van der Waals surface area contributed by atoms with Gasteiger partial charge >= 0.3 is 0 Å². The SMILES string of the molecule is O=Cc1cnc(NC[C@H]2CCCO2)nc1. The van der Waals surface area contributed by atoms with E-state index in [4.69, 9.17) is 4.74 Å². The predicted octanol–water partition coefficient (Wildman–Crippen LogP) is 0.880. The number of hydrogen-bond acceptors (Lipinski definition) is 5. The lowest BCUT2D eigenvalue weighted by molar-refractivity contribution is 0.112. The highest BCUT2D eigenvalue weighted by molar-refractivity contribution is 5.73. The first-order valence-electron chi connectivity index (χ1n) is 5.01. The van der Waals surface area contributed by atoms with E-state index in [0.29, 0.717) is 11.5 Å². The van der Waals surface area contributed by atoms with Crippen LogP contribution in [0.5, 0.6) is 0 Å². The summed E-state index contributed by atoms with van der Waals surface area (Å²) in [5.74, 6) is 0.538. The molecule has 80 valence electrons. The molecule has 0 radical (unpaired) electrons. The fraction of sp³-hybridized carbons (Fsp3) is 0.500. The molecule has 0 saturated carbocycles. The van der Waals surface area contributed by atoms with Crippen molar-refractivity contribution in [2.24, 2.45) is 0 Å². The van der Waals surface area contributed by atoms with Crippen LogP contribution in [0.1, 0.15) is 23.2 Å². The normalized spacial score (nSPS) is 20.1. The van der Waals surface area contributed by atoms with Crippen molar-refractivity contribution in [2.75, 3.05) is 18.5 Å². The molecule has 1 fully saturated rings. The maximum atomic E-state index is 10.4. The average Bonchev–Trinajstić information content (AvgIpc) is 2.80. The van der Waals surface area contributed by atoms with Crippen LogP contribution in [0.15, 0.2) is 12.4 Å². The fourth-order valence-electron chi connectivity index (χ4n) is 1.50. The number of rotatable bonds is 4. The Hall–Kier alpha value is -1.49. The van der Waals surface area contributed by atoms with E-state index in [2.05, 4.69) is 15.3 Å². The third-order valence-corrected chi connectivity index (χ3v) is 2.32. The average molecular weight is 207 g/mol. The number of nitrogens with zero attached hydrogens (tertiary/aromatic N) is 2. The van der Waals surface area contributed by atoms with E-state index in [9.17, 15) is 4.79 Å². The molecular weight excluding hydrogens is 194 g/mol. The Balaban J connectivity index is 1.84. The second-order valence-corrected chi connectivity index (χ2v) is 3.47. The van der Waals surface area contributed by atoms with Gasteiger partial charge in [0.05, 0.1) is 11.7 Å². The summed E-state index contributed by atoms with van der Waals surface area (Å²) < 4.78 is 5.45. The Labute approximate surface area is 87.9 Å². The molecule has 0 spiro atoms. The van der Waals surface area contributed by atoms with Gasteiger partial charge in [-0.15, -0.1) is 0 Å². The van der Waals surface area contributed by atoms with Crippen molar-refractivity contribution in [3.63, 3.8) is 0 Å². The van der Waals surface area contributed by atoms with Crippen LogP contribution < -0.4 is 5.32 Å². The van der Waals surface area contributed by atoms with Crippen LogP contribution in [0.2, 0.25) is 0 Å². The number of anilines is 1. The summed E-state index contributed by atoms with van der Waals surface area (Å²) in [6.45, 7) is 1.57. The molecule has 1 aliphatic heterocycles. The molecule has 1 aromatic rings. The van der Waals surface area contributed by atoms with Gasteiger partial charge in [-0.2, -0.15) is 0 Å². The molecule has 1 aliphatic rings. The molecule has 0 amide bonds. The maximum absolute atomic E-state index is 10.4. The monoisotopic (exact) mass is 207 g/mol. The molecule has 1 N–H and O–H groups in total. The first-order valence-corrected chi connectivity index (χ1v) is 5.01. The molecule has 15 heavy (non-hydrogen) atoms. The first kappa shape index (κ1) is 10.0. The summed E-state index contributed by atoms with van der Waals surface area (Å²) in [5, 5.41) is 3.07. The topological polar surface area (TPSA) is 64.1 Å². The summed E-state index contributed by atoms with van der Waals surface area (Å²) in [5.41, 5.74) is 0.484. The fourth-order valence-corrected chi connectivity index (χ4v) is 1.50. The zero-order valence-corrected chi connectivity index (χ0v) is 8.35. The molecule has 1 saturated heterocycles. The van der Waals surface area contributed by atoms with E-state index in [1.165, 1.54) is 12.4 Å². The Morgan fingerprint density at radius 1 is 1.53 bits per heavy atom. The van der Waals surface area contributed by atoms with Crippen molar-refractivity contribution in [3.8, 4) is 0 Å². The van der Waals surface area contributed by atoms with E-state index in [-0.39, 0.29) is 6.10 Å². The lowest BCUT2D eigenvalue weighted by atomic mass is 10.2. The number of carbonyl (C=O) groups excluding carboxylic acids is 1. The summed E-state index contributed by atoms with van der Waals surface area (Å²) in [6, 6.07) is 0. The number of aldehydes is 1. The van der Waals surface area contributed by atoms with Crippen molar-refractivity contribution in [1.82, 2.24) is 9.97 Å². The summed E-state index contributed by atoms with van der Waals surface area (Å²) in [6.07, 6.45) is 6.19. The molecule has 0 bridgehead atoms. The third-order valence-electron chi connectivity index (χ3n) is 2.32. The first-order chi connectivity index (χ1) is 7.38. The number of nitrogens with one attached hydrogen (secondary N) is 1. The van der Waals surface area contributed by atoms with Crippen LogP contribution in [0.4, 0.5) is 5.95 Å². The summed E-state index contributed by atoms with van der Waals surface area (Å²) in [7, 11) is 0. The third kappa shape index (κ3) is 2.73. The van der Waals surface area contributed by atoms with Gasteiger partial charge in [-0.25, -0.2) is 9.97 Å². The van der Waals surface area contributed by atoms with Gasteiger partial charge in [-0.05, 0) is 12.8 Å². The van der Waals surface area contributed by atoms with Crippen molar-refractivity contribution in [3.05, 3.63) is 18.0 Å². The Morgan fingerprint density at radius 2 is 2.33 bits per heavy atom. The van der Waals surface area contributed by atoms with Gasteiger partial charge in [0.15, 0.2) is 6.29 Å². The minimum Gasteiger partial charge on any atom is -0.376 e. The van der Waals surface area contributed by atoms with Crippen LogP contribution in [-0.2, 0) is 4.74 Å². The maximum Gasteiger partial charge on any atom is 0.222 e. The van der Waals surface area contributed by atoms with E-state index in [1.54, 1.807) is 0 Å². The molecule has 1 atom stereocenters. The van der Waals surface area contributed by atoms with E-state index < -0.39 is 0 Å². The van der Waals surface area contributed by atoms with Crippen LogP contribution in [0.3, 0.4) is 0 Å². The number of carbonyl (C=O) groups is 1. The quantitative estimate of drug-likeness (QED) is 0.742. The van der Waals surface area contributed by atoms with Crippen LogP contribution in [0, 0.1) is 0 Å². The minimum atomic E-state index is 0.263. The Bertz CT molecular complexity index is 320. The highest BCUT2D eigenvalue weighted by atomic mass is 16.5. The molecule has 0 aliphatic carbocycles. The molecule has 0 aromatic carbocycles. The largest absolute Gasteiger partial charge is 0.376 e. The van der Waals surface area contributed by atoms with Crippen molar-refractivity contribution in [2.45, 2.75) is 18.9 Å². The number of ether oxygens (including phenoxy) is 1. The highest BCUT2D eigenvalue weighted by Gasteiger charge is 2.14. The molecular formula is C10H13N3O2. The number of hydrogen-bond donors (Lipinski definition) is 1. The second-order valence-electron chi connectivity index (χ2n) is 3.47. The Kier molecular flexibility index (Phi) is 3.24. The van der Waals surface area contributed by atoms with Gasteiger partial charge in [-0.3, -0.25) is 4.79 Å². The molecule has 1 aromatic heterocycles. The number of aromatic nitrogens is 2. The van der Waals surface area contributed by atoms with Crippen molar-refractivity contribution < 1.29 is 9.53 Å². The van der Waals surface area contributed by atoms with Gasteiger partial charge < -0.3 is 10.1 Å². The van der Waals surface area contributed by atoms with Crippen LogP contribution in [0.25, 0.3) is 0 Å². The zero-order valence-electron chi connectivity index (χ0n) is 8.35. The minimum absolute atomic E-state index is 0.263. The van der Waals surface area contributed by atoms with Gasteiger partial charge in [0.2, 0.25) is 5.95 Å². The summed E-state index contributed by atoms with van der Waals surface area (Å²) >= 11 is 0. The van der Waals surface area contributed by atoms with Gasteiger partial charge in [-0.1, -0.05) is 0 Å². The van der Waals surface area contributed by atoms with E-state index in [1.807, 2.05) is 0 Å².